The molecule has 0 heterocycles. The van der Waals surface area contributed by atoms with Crippen molar-refractivity contribution in [3.63, 3.8) is 0 Å². The summed E-state index contributed by atoms with van der Waals surface area (Å²) in [6, 6.07) is 13.9. The maximum atomic E-state index is 12.8. The summed E-state index contributed by atoms with van der Waals surface area (Å²) in [6.07, 6.45) is 23.3. The molecule has 2 aliphatic rings. The predicted octanol–water partition coefficient (Wildman–Crippen LogP) is 10.6. The molecule has 2 aliphatic carbocycles. The van der Waals surface area contributed by atoms with Crippen LogP contribution < -0.4 is 9.47 Å². The Kier molecular flexibility index (Phi) is 15.6. The highest BCUT2D eigenvalue weighted by Crippen LogP contribution is 2.33. The van der Waals surface area contributed by atoms with Crippen molar-refractivity contribution in [2.45, 2.75) is 117 Å². The first-order valence-corrected chi connectivity index (χ1v) is 18.6. The van der Waals surface area contributed by atoms with E-state index >= 15 is 0 Å². The minimum atomic E-state index is -0.629. The van der Waals surface area contributed by atoms with Gasteiger partial charge in [0.15, 0.2) is 0 Å². The van der Waals surface area contributed by atoms with Crippen LogP contribution in [0.4, 0.5) is 0 Å². The third-order valence-electron chi connectivity index (χ3n) is 10.1. The van der Waals surface area contributed by atoms with Gasteiger partial charge in [-0.15, -0.1) is 0 Å². The lowest BCUT2D eigenvalue weighted by Gasteiger charge is -2.26. The Morgan fingerprint density at radius 1 is 0.604 bits per heavy atom. The van der Waals surface area contributed by atoms with Gasteiger partial charge in [-0.05, 0) is 137 Å². The molecule has 2 atom stereocenters. The largest absolute Gasteiger partial charge is 0.490 e. The fraction of sp³-hybridized carbons (Fsp3) is 0.571. The molecule has 2 aromatic rings. The molecule has 262 valence electrons. The first kappa shape index (κ1) is 37.3. The van der Waals surface area contributed by atoms with Crippen LogP contribution in [-0.4, -0.2) is 37.4 Å². The minimum Gasteiger partial charge on any atom is -0.490 e. The van der Waals surface area contributed by atoms with E-state index < -0.39 is 24.1 Å². The molecule has 0 saturated heterocycles. The first-order valence-electron chi connectivity index (χ1n) is 18.6. The number of allylic oxidation sites excluding steroid dienone is 2. The summed E-state index contributed by atoms with van der Waals surface area (Å²) in [5.74, 6) is 3.58. The van der Waals surface area contributed by atoms with Gasteiger partial charge in [0.1, 0.15) is 36.9 Å². The fourth-order valence-electron chi connectivity index (χ4n) is 6.98. The highest BCUT2D eigenvalue weighted by Gasteiger charge is 2.23. The molecule has 0 N–H and O–H groups in total. The van der Waals surface area contributed by atoms with Gasteiger partial charge in [-0.2, -0.15) is 0 Å². The molecule has 0 aliphatic heterocycles. The zero-order chi connectivity index (χ0) is 34.1. The molecule has 0 bridgehead atoms. The Morgan fingerprint density at radius 2 is 0.958 bits per heavy atom. The van der Waals surface area contributed by atoms with E-state index in [-0.39, 0.29) is 0 Å². The average Bonchev–Trinajstić information content (AvgIpc) is 3.10. The Morgan fingerprint density at radius 3 is 1.29 bits per heavy atom. The molecule has 0 radical (unpaired) electrons. The highest BCUT2D eigenvalue weighted by atomic mass is 16.6. The summed E-state index contributed by atoms with van der Waals surface area (Å²) in [6.45, 7) is 9.00. The third-order valence-corrected chi connectivity index (χ3v) is 10.1. The van der Waals surface area contributed by atoms with Crippen LogP contribution in [0.1, 0.15) is 125 Å². The molecule has 0 aromatic heterocycles. The van der Waals surface area contributed by atoms with Crippen LogP contribution in [0.5, 0.6) is 11.5 Å². The topological polar surface area (TPSA) is 71.1 Å². The molecule has 6 heteroatoms. The lowest BCUT2D eigenvalue weighted by Crippen LogP contribution is -2.30. The van der Waals surface area contributed by atoms with Crippen molar-refractivity contribution in [2.24, 2.45) is 23.7 Å². The number of hydrogen-bond donors (Lipinski definition) is 0. The van der Waals surface area contributed by atoms with Gasteiger partial charge < -0.3 is 18.9 Å². The fourth-order valence-corrected chi connectivity index (χ4v) is 6.98. The molecular weight excluding hydrogens is 600 g/mol. The highest BCUT2D eigenvalue weighted by molar-refractivity contribution is 5.90. The molecule has 2 fully saturated rings. The smallest absolute Gasteiger partial charge is 0.338 e. The molecule has 0 spiro atoms. The maximum Gasteiger partial charge on any atom is 0.338 e. The Bertz CT molecular complexity index is 1180. The molecule has 6 nitrogen and oxygen atoms in total. The van der Waals surface area contributed by atoms with Gasteiger partial charge in [0.25, 0.3) is 0 Å². The lowest BCUT2D eigenvalue weighted by atomic mass is 9.80. The summed E-state index contributed by atoms with van der Waals surface area (Å²) < 4.78 is 22.9. The van der Waals surface area contributed by atoms with E-state index in [1.807, 2.05) is 0 Å². The zero-order valence-corrected chi connectivity index (χ0v) is 29.7. The van der Waals surface area contributed by atoms with Crippen molar-refractivity contribution in [2.75, 3.05) is 13.2 Å². The molecule has 0 unspecified atom stereocenters. The molecule has 2 saturated carbocycles. The van der Waals surface area contributed by atoms with E-state index in [0.717, 1.165) is 11.8 Å². The van der Waals surface area contributed by atoms with Gasteiger partial charge in [0.05, 0.1) is 11.1 Å². The average molecular weight is 659 g/mol. The second kappa shape index (κ2) is 20.1. The van der Waals surface area contributed by atoms with E-state index in [2.05, 4.69) is 38.2 Å². The van der Waals surface area contributed by atoms with Crippen LogP contribution in [0, 0.1) is 23.7 Å². The number of esters is 2. The van der Waals surface area contributed by atoms with Crippen LogP contribution >= 0.6 is 0 Å². The predicted molar refractivity (Wildman–Crippen MR) is 193 cm³/mol. The van der Waals surface area contributed by atoms with Crippen molar-refractivity contribution < 1.29 is 28.5 Å². The van der Waals surface area contributed by atoms with Crippen LogP contribution in [-0.2, 0) is 9.47 Å². The molecular formula is C42H58O6. The van der Waals surface area contributed by atoms with E-state index in [9.17, 15) is 9.59 Å². The van der Waals surface area contributed by atoms with Gasteiger partial charge in [-0.25, -0.2) is 9.59 Å². The van der Waals surface area contributed by atoms with E-state index in [0.29, 0.717) is 47.7 Å². The van der Waals surface area contributed by atoms with Crippen LogP contribution in [0.2, 0.25) is 0 Å². The molecule has 2 aromatic carbocycles. The van der Waals surface area contributed by atoms with Crippen LogP contribution in [0.25, 0.3) is 0 Å². The Hall–Kier alpha value is -3.54. The normalized spacial score (nSPS) is 22.7. The SMILES string of the molecule is CCCC1CCC(/C=C/COc2ccc(C(=O)O[C@H](C)[C@@H](C)OC(=O)c3ccc(OC/C=C/C4CCC(CCC)CC4)cc3)cc2)CC1. The number of rotatable bonds is 17. The van der Waals surface area contributed by atoms with Crippen molar-refractivity contribution in [1.82, 2.24) is 0 Å². The second-order valence-corrected chi connectivity index (χ2v) is 13.9. The van der Waals surface area contributed by atoms with Crippen molar-refractivity contribution in [3.05, 3.63) is 84.0 Å². The number of ether oxygens (including phenoxy) is 4. The van der Waals surface area contributed by atoms with Crippen molar-refractivity contribution in [1.29, 1.82) is 0 Å². The summed E-state index contributed by atoms with van der Waals surface area (Å²) in [5.41, 5.74) is 0.828. The lowest BCUT2D eigenvalue weighted by molar-refractivity contribution is -0.0239. The van der Waals surface area contributed by atoms with Gasteiger partial charge in [-0.3, -0.25) is 0 Å². The van der Waals surface area contributed by atoms with E-state index in [1.54, 1.807) is 62.4 Å². The number of hydrogen-bond acceptors (Lipinski definition) is 6. The van der Waals surface area contributed by atoms with E-state index in [4.69, 9.17) is 18.9 Å². The Balaban J connectivity index is 1.12. The third kappa shape index (κ3) is 12.5. The molecule has 48 heavy (non-hydrogen) atoms. The van der Waals surface area contributed by atoms with E-state index in [1.165, 1.54) is 77.0 Å². The second-order valence-electron chi connectivity index (χ2n) is 13.9. The number of benzene rings is 2. The Labute approximate surface area is 289 Å². The summed E-state index contributed by atoms with van der Waals surface area (Å²) in [5, 5.41) is 0. The first-order chi connectivity index (χ1) is 23.3. The van der Waals surface area contributed by atoms with Gasteiger partial charge >= 0.3 is 11.9 Å². The van der Waals surface area contributed by atoms with Gasteiger partial charge in [0, 0.05) is 0 Å². The van der Waals surface area contributed by atoms with Gasteiger partial charge in [0.2, 0.25) is 0 Å². The van der Waals surface area contributed by atoms with Gasteiger partial charge in [-0.1, -0.05) is 63.8 Å². The summed E-state index contributed by atoms with van der Waals surface area (Å²) in [4.78, 5) is 25.5. The molecule has 0 amide bonds. The van der Waals surface area contributed by atoms with Crippen molar-refractivity contribution >= 4 is 11.9 Å². The maximum absolute atomic E-state index is 12.8. The summed E-state index contributed by atoms with van der Waals surface area (Å²) >= 11 is 0. The minimum absolute atomic E-state index is 0.414. The standard InChI is InChI=1S/C42H58O6/c1-5-9-33-13-17-35(18-14-33)11-7-29-45-39-25-21-37(22-26-39)41(43)47-31(3)32(4)48-42(44)38-23-27-40(28-24-38)46-30-8-12-36-19-15-34(10-6-2)16-20-36/h7-8,11-12,21-28,31-36H,5-6,9-10,13-20,29-30H2,1-4H3/b11-7+,12-8+/t31-,32-,33?,34?,35?,36?/m1/s1. The van der Waals surface area contributed by atoms with Crippen LogP contribution in [0.3, 0.4) is 0 Å². The monoisotopic (exact) mass is 658 g/mol. The summed E-state index contributed by atoms with van der Waals surface area (Å²) in [7, 11) is 0. The molecule has 4 rings (SSSR count). The number of carbonyl (C=O) groups excluding carboxylic acids is 2. The number of carbonyl (C=O) groups is 2. The quantitative estimate of drug-likeness (QED) is 0.124. The zero-order valence-electron chi connectivity index (χ0n) is 29.7. The van der Waals surface area contributed by atoms with Crippen molar-refractivity contribution in [3.8, 4) is 11.5 Å². The van der Waals surface area contributed by atoms with Crippen LogP contribution in [0.15, 0.2) is 72.8 Å².